The van der Waals surface area contributed by atoms with E-state index in [4.69, 9.17) is 0 Å². The largest absolute Gasteiger partial charge is 0.341 e. The summed E-state index contributed by atoms with van der Waals surface area (Å²) in [6, 6.07) is 4.41. The fraction of sp³-hybridized carbons (Fsp3) is 0.600. The van der Waals surface area contributed by atoms with Gasteiger partial charge in [0.15, 0.2) is 0 Å². The summed E-state index contributed by atoms with van der Waals surface area (Å²) in [5.74, 6) is 0.493. The van der Waals surface area contributed by atoms with Crippen molar-refractivity contribution in [3.05, 3.63) is 30.1 Å². The van der Waals surface area contributed by atoms with Crippen molar-refractivity contribution in [3.8, 4) is 0 Å². The first kappa shape index (κ1) is 20.2. The van der Waals surface area contributed by atoms with Gasteiger partial charge in [-0.15, -0.1) is 24.8 Å². The minimum absolute atomic E-state index is 0. The van der Waals surface area contributed by atoms with Crippen LogP contribution in [0.3, 0.4) is 0 Å². The van der Waals surface area contributed by atoms with E-state index in [0.717, 1.165) is 25.1 Å². The van der Waals surface area contributed by atoms with Gasteiger partial charge in [0.25, 0.3) is 0 Å². The van der Waals surface area contributed by atoms with E-state index < -0.39 is 0 Å². The van der Waals surface area contributed by atoms with E-state index in [1.54, 1.807) is 6.20 Å². The first-order valence-electron chi connectivity index (χ1n) is 7.05. The van der Waals surface area contributed by atoms with Gasteiger partial charge in [-0.05, 0) is 37.4 Å². The van der Waals surface area contributed by atoms with Crippen LogP contribution in [-0.2, 0) is 4.79 Å². The molecule has 1 amide bonds. The van der Waals surface area contributed by atoms with E-state index in [-0.39, 0.29) is 36.6 Å². The standard InChI is InChI=1S/C15H23N3O.2ClH/c1-12(13-5-3-7-17-10-13)9-15(19)18-8-4-6-14(11-18)16-2;;/h3,5,7,10,12,14,16H,4,6,8-9,11H2,1-2H3;2*1H. The second-order valence-corrected chi connectivity index (χ2v) is 5.36. The molecule has 1 N–H and O–H groups in total. The first-order valence-corrected chi connectivity index (χ1v) is 7.05. The number of hydrogen-bond acceptors (Lipinski definition) is 3. The fourth-order valence-corrected chi connectivity index (χ4v) is 2.62. The van der Waals surface area contributed by atoms with Crippen molar-refractivity contribution in [2.24, 2.45) is 0 Å². The SMILES string of the molecule is CNC1CCCN(C(=O)CC(C)c2cccnc2)C1.Cl.Cl. The number of rotatable bonds is 4. The smallest absolute Gasteiger partial charge is 0.223 e. The summed E-state index contributed by atoms with van der Waals surface area (Å²) in [5.41, 5.74) is 1.14. The Hall–Kier alpha value is -0.840. The summed E-state index contributed by atoms with van der Waals surface area (Å²) >= 11 is 0. The summed E-state index contributed by atoms with van der Waals surface area (Å²) in [5, 5.41) is 3.27. The number of nitrogens with one attached hydrogen (secondary N) is 1. The Labute approximate surface area is 139 Å². The molecule has 0 spiro atoms. The normalized spacial score (nSPS) is 19.1. The van der Waals surface area contributed by atoms with E-state index in [1.165, 1.54) is 6.42 Å². The van der Waals surface area contributed by atoms with Crippen molar-refractivity contribution in [1.82, 2.24) is 15.2 Å². The number of likely N-dealkylation sites (tertiary alicyclic amines) is 1. The van der Waals surface area contributed by atoms with Crippen LogP contribution in [-0.4, -0.2) is 42.0 Å². The minimum Gasteiger partial charge on any atom is -0.341 e. The highest BCUT2D eigenvalue weighted by Gasteiger charge is 2.23. The molecular weight excluding hydrogens is 309 g/mol. The van der Waals surface area contributed by atoms with Crippen LogP contribution in [0.1, 0.15) is 37.7 Å². The van der Waals surface area contributed by atoms with Gasteiger partial charge in [-0.2, -0.15) is 0 Å². The van der Waals surface area contributed by atoms with Gasteiger partial charge in [-0.1, -0.05) is 13.0 Å². The van der Waals surface area contributed by atoms with Crippen LogP contribution in [0.25, 0.3) is 0 Å². The number of likely N-dealkylation sites (N-methyl/N-ethyl adjacent to an activating group) is 1. The third-order valence-corrected chi connectivity index (χ3v) is 3.92. The molecule has 1 aromatic rings. The summed E-state index contributed by atoms with van der Waals surface area (Å²) in [6.07, 6.45) is 6.45. The number of pyridine rings is 1. The molecule has 1 aliphatic heterocycles. The Kier molecular flexibility index (Phi) is 9.58. The van der Waals surface area contributed by atoms with Crippen molar-refractivity contribution in [2.45, 2.75) is 38.1 Å². The zero-order valence-corrected chi connectivity index (χ0v) is 14.3. The van der Waals surface area contributed by atoms with Gasteiger partial charge < -0.3 is 10.2 Å². The summed E-state index contributed by atoms with van der Waals surface area (Å²) in [6.45, 7) is 3.83. The Balaban J connectivity index is 0.00000200. The molecule has 0 saturated carbocycles. The molecule has 2 heterocycles. The molecule has 2 atom stereocenters. The molecule has 0 aliphatic carbocycles. The number of carbonyl (C=O) groups excluding carboxylic acids is 1. The molecule has 1 aromatic heterocycles. The lowest BCUT2D eigenvalue weighted by Gasteiger charge is -2.33. The lowest BCUT2D eigenvalue weighted by Crippen LogP contribution is -2.47. The zero-order valence-electron chi connectivity index (χ0n) is 12.6. The summed E-state index contributed by atoms with van der Waals surface area (Å²) in [4.78, 5) is 18.4. The van der Waals surface area contributed by atoms with Gasteiger partial charge in [0, 0.05) is 37.9 Å². The second kappa shape index (κ2) is 9.98. The molecule has 0 radical (unpaired) electrons. The average molecular weight is 334 g/mol. The van der Waals surface area contributed by atoms with Gasteiger partial charge >= 0.3 is 0 Å². The number of aromatic nitrogens is 1. The monoisotopic (exact) mass is 333 g/mol. The summed E-state index contributed by atoms with van der Waals surface area (Å²) in [7, 11) is 1.97. The Morgan fingerprint density at radius 2 is 2.29 bits per heavy atom. The molecule has 6 heteroatoms. The number of halogens is 2. The molecule has 1 aliphatic rings. The van der Waals surface area contributed by atoms with Crippen molar-refractivity contribution in [3.63, 3.8) is 0 Å². The van der Waals surface area contributed by atoms with Gasteiger partial charge in [0.2, 0.25) is 5.91 Å². The predicted molar refractivity (Wildman–Crippen MR) is 90.4 cm³/mol. The maximum Gasteiger partial charge on any atom is 0.223 e. The van der Waals surface area contributed by atoms with Gasteiger partial charge in [0.05, 0.1) is 0 Å². The van der Waals surface area contributed by atoms with Crippen LogP contribution in [0.15, 0.2) is 24.5 Å². The first-order chi connectivity index (χ1) is 9.20. The van der Waals surface area contributed by atoms with Crippen LogP contribution < -0.4 is 5.32 Å². The number of hydrogen-bond donors (Lipinski definition) is 1. The Morgan fingerprint density at radius 1 is 1.52 bits per heavy atom. The van der Waals surface area contributed by atoms with Crippen LogP contribution >= 0.6 is 24.8 Å². The van der Waals surface area contributed by atoms with E-state index >= 15 is 0 Å². The number of nitrogens with zero attached hydrogens (tertiary/aromatic N) is 2. The van der Waals surface area contributed by atoms with Crippen molar-refractivity contribution >= 4 is 30.7 Å². The van der Waals surface area contributed by atoms with E-state index in [2.05, 4.69) is 17.2 Å². The van der Waals surface area contributed by atoms with Crippen LogP contribution in [0, 0.1) is 0 Å². The van der Waals surface area contributed by atoms with Gasteiger partial charge in [0.1, 0.15) is 0 Å². The van der Waals surface area contributed by atoms with Crippen LogP contribution in [0.4, 0.5) is 0 Å². The molecule has 0 aromatic carbocycles. The highest BCUT2D eigenvalue weighted by Crippen LogP contribution is 2.20. The molecule has 120 valence electrons. The molecule has 2 rings (SSSR count). The van der Waals surface area contributed by atoms with E-state index in [1.807, 2.05) is 30.3 Å². The van der Waals surface area contributed by atoms with Crippen molar-refractivity contribution in [2.75, 3.05) is 20.1 Å². The highest BCUT2D eigenvalue weighted by molar-refractivity contribution is 5.85. The maximum absolute atomic E-state index is 12.3. The quantitative estimate of drug-likeness (QED) is 0.921. The average Bonchev–Trinajstić information content (AvgIpc) is 2.48. The lowest BCUT2D eigenvalue weighted by atomic mass is 9.97. The molecular formula is C15H25Cl2N3O. The number of piperidine rings is 1. The molecule has 21 heavy (non-hydrogen) atoms. The predicted octanol–water partition coefficient (Wildman–Crippen LogP) is 2.63. The van der Waals surface area contributed by atoms with E-state index in [0.29, 0.717) is 12.5 Å². The molecule has 4 nitrogen and oxygen atoms in total. The maximum atomic E-state index is 12.3. The Morgan fingerprint density at radius 3 is 2.90 bits per heavy atom. The van der Waals surface area contributed by atoms with Crippen molar-refractivity contribution < 1.29 is 4.79 Å². The minimum atomic E-state index is 0. The molecule has 2 unspecified atom stereocenters. The van der Waals surface area contributed by atoms with Crippen molar-refractivity contribution in [1.29, 1.82) is 0 Å². The molecule has 0 bridgehead atoms. The Bertz CT molecular complexity index is 417. The van der Waals surface area contributed by atoms with Crippen LogP contribution in [0.2, 0.25) is 0 Å². The third-order valence-electron chi connectivity index (χ3n) is 3.92. The van der Waals surface area contributed by atoms with E-state index in [9.17, 15) is 4.79 Å². The van der Waals surface area contributed by atoms with Gasteiger partial charge in [-0.3, -0.25) is 9.78 Å². The zero-order chi connectivity index (χ0) is 13.7. The summed E-state index contributed by atoms with van der Waals surface area (Å²) < 4.78 is 0. The topological polar surface area (TPSA) is 45.2 Å². The highest BCUT2D eigenvalue weighted by atomic mass is 35.5. The van der Waals surface area contributed by atoms with Crippen LogP contribution in [0.5, 0.6) is 0 Å². The number of amides is 1. The molecule has 1 fully saturated rings. The fourth-order valence-electron chi connectivity index (χ4n) is 2.62. The second-order valence-electron chi connectivity index (χ2n) is 5.36. The van der Waals surface area contributed by atoms with Gasteiger partial charge in [-0.25, -0.2) is 0 Å². The third kappa shape index (κ3) is 5.81. The number of carbonyl (C=O) groups is 1. The molecule has 1 saturated heterocycles. The lowest BCUT2D eigenvalue weighted by molar-refractivity contribution is -0.132.